The van der Waals surface area contributed by atoms with E-state index in [1.807, 2.05) is 68.4 Å². The first-order valence-electron chi connectivity index (χ1n) is 14.7. The molecule has 3 amide bonds. The highest BCUT2D eigenvalue weighted by Gasteiger charge is 2.36. The van der Waals surface area contributed by atoms with Crippen LogP contribution in [0, 0.1) is 6.92 Å². The van der Waals surface area contributed by atoms with Gasteiger partial charge in [0.05, 0.1) is 0 Å². The van der Waals surface area contributed by atoms with Crippen molar-refractivity contribution in [3.63, 3.8) is 0 Å². The fraction of sp³-hybridized carbons (Fsp3) is 0.545. The second-order valence-corrected chi connectivity index (χ2v) is 11.6. The van der Waals surface area contributed by atoms with Crippen molar-refractivity contribution in [2.24, 2.45) is 0 Å². The van der Waals surface area contributed by atoms with Crippen molar-refractivity contribution in [1.29, 1.82) is 0 Å². The Morgan fingerprint density at radius 3 is 2.23 bits per heavy atom. The number of carbonyl (C=O) groups excluding carboxylic acids is 3. The third kappa shape index (κ3) is 11.0. The van der Waals surface area contributed by atoms with Crippen molar-refractivity contribution in [3.8, 4) is 0 Å². The zero-order valence-electron chi connectivity index (χ0n) is 25.5. The van der Waals surface area contributed by atoms with E-state index in [-0.39, 0.29) is 24.3 Å². The van der Waals surface area contributed by atoms with Crippen LogP contribution in [-0.4, -0.2) is 47.0 Å². The number of nitrogens with zero attached hydrogens (tertiary/aromatic N) is 1. The maximum Gasteiger partial charge on any atom is 0.408 e. The van der Waals surface area contributed by atoms with Crippen molar-refractivity contribution in [2.75, 3.05) is 6.54 Å². The second kappa shape index (κ2) is 16.0. The van der Waals surface area contributed by atoms with Gasteiger partial charge in [0.2, 0.25) is 11.8 Å². The number of benzene rings is 2. The van der Waals surface area contributed by atoms with Crippen LogP contribution in [0.1, 0.15) is 96.4 Å². The first kappa shape index (κ1) is 32.9. The third-order valence-electron chi connectivity index (χ3n) is 6.59. The monoisotopic (exact) mass is 551 g/mol. The lowest BCUT2D eigenvalue weighted by atomic mass is 9.98. The maximum absolute atomic E-state index is 14.4. The van der Waals surface area contributed by atoms with E-state index in [0.29, 0.717) is 6.54 Å². The van der Waals surface area contributed by atoms with Crippen LogP contribution in [0.3, 0.4) is 0 Å². The number of rotatable bonds is 14. The van der Waals surface area contributed by atoms with Gasteiger partial charge in [-0.3, -0.25) is 9.59 Å². The number of unbranched alkanes of at least 4 members (excludes halogenated alkanes) is 2. The highest BCUT2D eigenvalue weighted by Crippen LogP contribution is 2.25. The van der Waals surface area contributed by atoms with Gasteiger partial charge in [0.1, 0.15) is 17.7 Å². The number of carbonyl (C=O) groups is 3. The van der Waals surface area contributed by atoms with Gasteiger partial charge in [-0.2, -0.15) is 0 Å². The van der Waals surface area contributed by atoms with Crippen LogP contribution in [0.4, 0.5) is 4.79 Å². The predicted octanol–water partition coefficient (Wildman–Crippen LogP) is 6.50. The van der Waals surface area contributed by atoms with Crippen molar-refractivity contribution in [2.45, 2.75) is 111 Å². The third-order valence-corrected chi connectivity index (χ3v) is 6.59. The van der Waals surface area contributed by atoms with Crippen LogP contribution in [0.5, 0.6) is 0 Å². The first-order valence-corrected chi connectivity index (χ1v) is 14.7. The molecule has 0 saturated heterocycles. The molecule has 0 spiro atoms. The summed E-state index contributed by atoms with van der Waals surface area (Å²) in [6.07, 6.45) is 4.02. The van der Waals surface area contributed by atoms with Crippen molar-refractivity contribution in [3.05, 3.63) is 71.3 Å². The summed E-state index contributed by atoms with van der Waals surface area (Å²) in [5.74, 6) is -0.525. The van der Waals surface area contributed by atoms with E-state index in [0.717, 1.165) is 48.8 Å². The van der Waals surface area contributed by atoms with Gasteiger partial charge in [-0.1, -0.05) is 93.3 Å². The maximum atomic E-state index is 14.4. The Labute approximate surface area is 241 Å². The van der Waals surface area contributed by atoms with Gasteiger partial charge in [-0.15, -0.1) is 0 Å². The Hall–Kier alpha value is -3.35. The van der Waals surface area contributed by atoms with Crippen molar-refractivity contribution in [1.82, 2.24) is 15.5 Å². The quantitative estimate of drug-likeness (QED) is 0.263. The Bertz CT molecular complexity index is 1080. The molecule has 3 atom stereocenters. The predicted molar refractivity (Wildman–Crippen MR) is 161 cm³/mol. The Morgan fingerprint density at radius 2 is 1.62 bits per heavy atom. The van der Waals surface area contributed by atoms with E-state index >= 15 is 0 Å². The van der Waals surface area contributed by atoms with E-state index in [4.69, 9.17) is 4.74 Å². The van der Waals surface area contributed by atoms with Gasteiger partial charge in [-0.05, 0) is 58.6 Å². The van der Waals surface area contributed by atoms with Gasteiger partial charge < -0.3 is 20.3 Å². The largest absolute Gasteiger partial charge is 0.444 e. The highest BCUT2D eigenvalue weighted by atomic mass is 16.6. The molecule has 2 aromatic carbocycles. The minimum absolute atomic E-state index is 0.0302. The van der Waals surface area contributed by atoms with E-state index in [1.54, 1.807) is 25.7 Å². The molecule has 7 nitrogen and oxygen atoms in total. The Kier molecular flexibility index (Phi) is 13.2. The van der Waals surface area contributed by atoms with Gasteiger partial charge in [-0.25, -0.2) is 4.79 Å². The summed E-state index contributed by atoms with van der Waals surface area (Å²) in [5, 5.41) is 5.97. The number of nitrogens with one attached hydrogen (secondary N) is 2. The van der Waals surface area contributed by atoms with Crippen LogP contribution in [0.25, 0.3) is 0 Å². The second-order valence-electron chi connectivity index (χ2n) is 11.6. The van der Waals surface area contributed by atoms with Crippen molar-refractivity contribution >= 4 is 17.9 Å². The van der Waals surface area contributed by atoms with Crippen molar-refractivity contribution < 1.29 is 19.1 Å². The van der Waals surface area contributed by atoms with Gasteiger partial charge in [0.15, 0.2) is 0 Å². The summed E-state index contributed by atoms with van der Waals surface area (Å²) >= 11 is 0. The molecule has 0 aliphatic heterocycles. The summed E-state index contributed by atoms with van der Waals surface area (Å²) in [5.41, 5.74) is 1.94. The van der Waals surface area contributed by atoms with Crippen LogP contribution >= 0.6 is 0 Å². The van der Waals surface area contributed by atoms with Gasteiger partial charge in [0.25, 0.3) is 0 Å². The number of hydrogen-bond donors (Lipinski definition) is 2. The number of aryl methyl sites for hydroxylation is 1. The minimum Gasteiger partial charge on any atom is -0.444 e. The molecular formula is C33H49N3O4. The summed E-state index contributed by atoms with van der Waals surface area (Å²) in [6.45, 7) is 13.9. The van der Waals surface area contributed by atoms with Crippen LogP contribution in [-0.2, 0) is 20.7 Å². The van der Waals surface area contributed by atoms with Crippen LogP contribution in [0.2, 0.25) is 0 Å². The molecule has 0 aliphatic carbocycles. The Morgan fingerprint density at radius 1 is 0.925 bits per heavy atom. The molecule has 0 heterocycles. The topological polar surface area (TPSA) is 87.7 Å². The molecule has 3 unspecified atom stereocenters. The molecule has 0 aliphatic rings. The van der Waals surface area contributed by atoms with E-state index in [1.165, 1.54) is 0 Å². The zero-order chi connectivity index (χ0) is 29.7. The molecule has 0 saturated carbocycles. The van der Waals surface area contributed by atoms with E-state index in [2.05, 4.69) is 24.5 Å². The highest BCUT2D eigenvalue weighted by molar-refractivity contribution is 5.92. The lowest BCUT2D eigenvalue weighted by Crippen LogP contribution is -2.54. The van der Waals surface area contributed by atoms with E-state index < -0.39 is 23.8 Å². The number of alkyl carbamates (subject to hydrolysis) is 1. The summed E-state index contributed by atoms with van der Waals surface area (Å²) in [7, 11) is 0. The fourth-order valence-corrected chi connectivity index (χ4v) is 4.74. The molecule has 220 valence electrons. The number of ether oxygens (including phenoxy) is 1. The van der Waals surface area contributed by atoms with Crippen LogP contribution < -0.4 is 10.6 Å². The molecule has 40 heavy (non-hydrogen) atoms. The molecular weight excluding hydrogens is 502 g/mol. The summed E-state index contributed by atoms with van der Waals surface area (Å²) < 4.78 is 5.52. The van der Waals surface area contributed by atoms with E-state index in [9.17, 15) is 14.4 Å². The molecule has 7 heteroatoms. The summed E-state index contributed by atoms with van der Waals surface area (Å²) in [6, 6.07) is 15.5. The molecule has 2 aromatic rings. The molecule has 0 radical (unpaired) electrons. The van der Waals surface area contributed by atoms with Crippen LogP contribution in [0.15, 0.2) is 54.6 Å². The average Bonchev–Trinajstić information content (AvgIpc) is 2.87. The fourth-order valence-electron chi connectivity index (χ4n) is 4.74. The standard InChI is InChI=1S/C33H49N3O4/c1-8-10-14-21-36(29(27-20-15-17-24(3)22-27)30(37)34-25(4)16-9-2)31(38)28(23-26-18-12-11-13-19-26)35-32(39)40-33(5,6)7/h11-13,15,17-20,22,25,28-29H,8-10,14,16,21,23H2,1-7H3,(H,34,37)(H,35,39). The minimum atomic E-state index is -0.910. The Balaban J connectivity index is 2.55. The lowest BCUT2D eigenvalue weighted by Gasteiger charge is -2.35. The zero-order valence-corrected chi connectivity index (χ0v) is 25.5. The smallest absolute Gasteiger partial charge is 0.408 e. The van der Waals surface area contributed by atoms with Gasteiger partial charge in [0, 0.05) is 19.0 Å². The molecule has 2 N–H and O–H groups in total. The normalized spacial score (nSPS) is 13.6. The molecule has 0 bridgehead atoms. The number of amides is 3. The summed E-state index contributed by atoms with van der Waals surface area (Å²) in [4.78, 5) is 42.9. The molecule has 2 rings (SSSR count). The lowest BCUT2D eigenvalue weighted by molar-refractivity contribution is -0.142. The van der Waals surface area contributed by atoms with Gasteiger partial charge >= 0.3 is 6.09 Å². The SMILES string of the molecule is CCCCCN(C(=O)C(Cc1ccccc1)NC(=O)OC(C)(C)C)C(C(=O)NC(C)CCC)c1cccc(C)c1. The molecule has 0 fully saturated rings. The number of hydrogen-bond acceptors (Lipinski definition) is 4. The first-order chi connectivity index (χ1) is 18.9. The molecule has 0 aromatic heterocycles. The average molecular weight is 552 g/mol.